The first-order chi connectivity index (χ1) is 21.2. The average Bonchev–Trinajstić information content (AvgIpc) is 3.29. The molecular formula is C34H35N3O6S. The second-order valence-electron chi connectivity index (χ2n) is 10.9. The van der Waals surface area contributed by atoms with Crippen LogP contribution in [0.4, 0.5) is 10.5 Å². The van der Waals surface area contributed by atoms with Gasteiger partial charge in [0.25, 0.3) is 17.1 Å². The number of nitrogens with zero attached hydrogens (tertiary/aromatic N) is 2. The summed E-state index contributed by atoms with van der Waals surface area (Å²) in [5, 5.41) is 2.27. The molecule has 0 bridgehead atoms. The van der Waals surface area contributed by atoms with Crippen molar-refractivity contribution in [1.29, 1.82) is 0 Å². The van der Waals surface area contributed by atoms with Gasteiger partial charge in [0.15, 0.2) is 11.5 Å². The molecule has 4 amide bonds. The maximum Gasteiger partial charge on any atom is 0.294 e. The fraction of sp³-hybridized carbons (Fsp3) is 0.294. The number of carbonyl (C=O) groups is 4. The molecule has 3 aromatic carbocycles. The van der Waals surface area contributed by atoms with Crippen molar-refractivity contribution in [1.82, 2.24) is 9.80 Å². The second kappa shape index (κ2) is 13.8. The number of carbonyl (C=O) groups excluding carboxylic acids is 4. The van der Waals surface area contributed by atoms with Crippen LogP contribution in [0.2, 0.25) is 0 Å². The molecule has 1 N–H and O–H groups in total. The SMILES string of the molecule is COc1cc(/C=C2\SC(=O)N(CC(=O)Nc3ccc(C)cc3C)C2=O)ccc1OCc1ccc(C(=O)N2CCCCC2)cc1. The highest BCUT2D eigenvalue weighted by Crippen LogP contribution is 2.35. The van der Waals surface area contributed by atoms with E-state index in [-0.39, 0.29) is 24.0 Å². The zero-order chi connectivity index (χ0) is 31.2. The van der Waals surface area contributed by atoms with E-state index in [1.165, 1.54) is 13.5 Å². The minimum atomic E-state index is -0.530. The molecule has 0 spiro atoms. The standard InChI is InChI=1S/C34H35N3O6S/c1-22-7-13-27(23(2)17-22)35-31(38)20-37-33(40)30(44-34(37)41)19-25-10-14-28(29(18-25)42-3)43-21-24-8-11-26(12-9-24)32(39)36-15-5-4-6-16-36/h7-14,17-19H,4-6,15-16,20-21H2,1-3H3,(H,35,38)/b30-19-. The molecule has 5 rings (SSSR count). The Balaban J connectivity index is 1.19. The van der Waals surface area contributed by atoms with Crippen LogP contribution in [0.3, 0.4) is 0 Å². The maximum absolute atomic E-state index is 13.0. The van der Waals surface area contributed by atoms with Crippen molar-refractivity contribution in [3.05, 3.63) is 93.4 Å². The normalized spacial score (nSPS) is 15.9. The summed E-state index contributed by atoms with van der Waals surface area (Å²) in [5.74, 6) is 0.0501. The second-order valence-corrected chi connectivity index (χ2v) is 11.9. The third-order valence-electron chi connectivity index (χ3n) is 7.56. The molecule has 9 nitrogen and oxygen atoms in total. The summed E-state index contributed by atoms with van der Waals surface area (Å²) in [4.78, 5) is 54.0. The first kappa shape index (κ1) is 30.9. The quantitative estimate of drug-likeness (QED) is 0.287. The Bertz CT molecular complexity index is 1610. The van der Waals surface area contributed by atoms with Crippen molar-refractivity contribution in [3.8, 4) is 11.5 Å². The molecule has 44 heavy (non-hydrogen) atoms. The molecule has 10 heteroatoms. The summed E-state index contributed by atoms with van der Waals surface area (Å²) in [6.45, 7) is 5.36. The third-order valence-corrected chi connectivity index (χ3v) is 8.46. The van der Waals surface area contributed by atoms with E-state index in [1.807, 2.05) is 55.1 Å². The number of ether oxygens (including phenoxy) is 2. The summed E-state index contributed by atoms with van der Waals surface area (Å²) in [6.07, 6.45) is 4.87. The number of benzene rings is 3. The van der Waals surface area contributed by atoms with Crippen molar-refractivity contribution < 1.29 is 28.7 Å². The lowest BCUT2D eigenvalue weighted by molar-refractivity contribution is -0.127. The maximum atomic E-state index is 13.0. The van der Waals surface area contributed by atoms with Crippen LogP contribution in [0.1, 0.15) is 51.9 Å². The van der Waals surface area contributed by atoms with E-state index in [2.05, 4.69) is 5.32 Å². The molecule has 0 saturated carbocycles. The van der Waals surface area contributed by atoms with Crippen LogP contribution in [-0.2, 0) is 16.2 Å². The lowest BCUT2D eigenvalue weighted by atomic mass is 10.1. The number of rotatable bonds is 9. The molecule has 0 aromatic heterocycles. The zero-order valence-electron chi connectivity index (χ0n) is 25.1. The van der Waals surface area contributed by atoms with Crippen LogP contribution in [0, 0.1) is 13.8 Å². The van der Waals surface area contributed by atoms with Gasteiger partial charge in [-0.1, -0.05) is 35.9 Å². The monoisotopic (exact) mass is 613 g/mol. The predicted octanol–water partition coefficient (Wildman–Crippen LogP) is 6.19. The predicted molar refractivity (Wildman–Crippen MR) is 171 cm³/mol. The van der Waals surface area contributed by atoms with Crippen LogP contribution in [0.15, 0.2) is 65.6 Å². The van der Waals surface area contributed by atoms with Crippen molar-refractivity contribution in [2.24, 2.45) is 0 Å². The number of hydrogen-bond donors (Lipinski definition) is 1. The Kier molecular flexibility index (Phi) is 9.69. The molecular weight excluding hydrogens is 578 g/mol. The van der Waals surface area contributed by atoms with E-state index in [4.69, 9.17) is 9.47 Å². The fourth-order valence-corrected chi connectivity index (χ4v) is 5.99. The third kappa shape index (κ3) is 7.31. The number of thioether (sulfide) groups is 1. The largest absolute Gasteiger partial charge is 0.493 e. The van der Waals surface area contributed by atoms with Gasteiger partial charge in [-0.15, -0.1) is 0 Å². The fourth-order valence-electron chi connectivity index (χ4n) is 5.15. The Morgan fingerprint density at radius 3 is 2.39 bits per heavy atom. The molecule has 2 fully saturated rings. The topological polar surface area (TPSA) is 105 Å². The van der Waals surface area contributed by atoms with Gasteiger partial charge in [-0.3, -0.25) is 24.1 Å². The van der Waals surface area contributed by atoms with Crippen LogP contribution >= 0.6 is 11.8 Å². The minimum Gasteiger partial charge on any atom is -0.493 e. The number of nitrogens with one attached hydrogen (secondary N) is 1. The van der Waals surface area contributed by atoms with Crippen LogP contribution in [0.5, 0.6) is 11.5 Å². The van der Waals surface area contributed by atoms with Gasteiger partial charge in [0, 0.05) is 24.3 Å². The highest BCUT2D eigenvalue weighted by atomic mass is 32.2. The average molecular weight is 614 g/mol. The van der Waals surface area contributed by atoms with Crippen LogP contribution in [0.25, 0.3) is 6.08 Å². The number of aryl methyl sites for hydroxylation is 2. The Morgan fingerprint density at radius 2 is 1.68 bits per heavy atom. The number of imide groups is 1. The number of likely N-dealkylation sites (tertiary alicyclic amines) is 1. The summed E-state index contributed by atoms with van der Waals surface area (Å²) in [7, 11) is 1.52. The van der Waals surface area contributed by atoms with Crippen molar-refractivity contribution >= 4 is 46.5 Å². The number of amides is 4. The lowest BCUT2D eigenvalue weighted by Gasteiger charge is -2.26. The molecule has 3 aromatic rings. The van der Waals surface area contributed by atoms with E-state index >= 15 is 0 Å². The van der Waals surface area contributed by atoms with Crippen LogP contribution < -0.4 is 14.8 Å². The van der Waals surface area contributed by atoms with E-state index < -0.39 is 17.1 Å². The molecule has 228 valence electrons. The highest BCUT2D eigenvalue weighted by Gasteiger charge is 2.36. The Hall–Kier alpha value is -4.57. The van der Waals surface area contributed by atoms with E-state index in [0.29, 0.717) is 28.3 Å². The van der Waals surface area contributed by atoms with Crippen molar-refractivity contribution in [2.45, 2.75) is 39.7 Å². The van der Waals surface area contributed by atoms with E-state index in [9.17, 15) is 19.2 Å². The molecule has 0 aliphatic carbocycles. The van der Waals surface area contributed by atoms with Gasteiger partial charge in [0.2, 0.25) is 5.91 Å². The summed E-state index contributed by atoms with van der Waals surface area (Å²) in [6, 6.07) is 18.3. The van der Waals surface area contributed by atoms with Gasteiger partial charge in [-0.25, -0.2) is 0 Å². The van der Waals surface area contributed by atoms with Gasteiger partial charge < -0.3 is 19.7 Å². The molecule has 2 heterocycles. The first-order valence-electron chi connectivity index (χ1n) is 14.5. The summed E-state index contributed by atoms with van der Waals surface area (Å²) in [5.41, 5.74) is 4.81. The molecule has 0 atom stereocenters. The molecule has 0 unspecified atom stereocenters. The lowest BCUT2D eigenvalue weighted by Crippen LogP contribution is -2.36. The number of methoxy groups -OCH3 is 1. The molecule has 2 saturated heterocycles. The Labute approximate surface area is 261 Å². The van der Waals surface area contributed by atoms with Crippen molar-refractivity contribution in [3.63, 3.8) is 0 Å². The summed E-state index contributed by atoms with van der Waals surface area (Å²) < 4.78 is 11.5. The number of piperidine rings is 1. The van der Waals surface area contributed by atoms with E-state index in [0.717, 1.165) is 59.3 Å². The van der Waals surface area contributed by atoms with Gasteiger partial charge in [0.05, 0.1) is 12.0 Å². The first-order valence-corrected chi connectivity index (χ1v) is 15.3. The smallest absolute Gasteiger partial charge is 0.294 e. The zero-order valence-corrected chi connectivity index (χ0v) is 25.9. The summed E-state index contributed by atoms with van der Waals surface area (Å²) >= 11 is 0.787. The van der Waals surface area contributed by atoms with Gasteiger partial charge >= 0.3 is 0 Å². The number of anilines is 1. The molecule has 0 radical (unpaired) electrons. The van der Waals surface area contributed by atoms with Gasteiger partial charge in [-0.05, 0) is 98.0 Å². The van der Waals surface area contributed by atoms with Gasteiger partial charge in [-0.2, -0.15) is 0 Å². The van der Waals surface area contributed by atoms with Crippen molar-refractivity contribution in [2.75, 3.05) is 32.1 Å². The molecule has 2 aliphatic heterocycles. The molecule has 2 aliphatic rings. The van der Waals surface area contributed by atoms with E-state index in [1.54, 1.807) is 30.3 Å². The minimum absolute atomic E-state index is 0.0628. The number of hydrogen-bond acceptors (Lipinski definition) is 7. The Morgan fingerprint density at radius 1 is 0.932 bits per heavy atom. The van der Waals surface area contributed by atoms with Gasteiger partial charge in [0.1, 0.15) is 13.2 Å². The highest BCUT2D eigenvalue weighted by molar-refractivity contribution is 8.18. The van der Waals surface area contributed by atoms with Crippen LogP contribution in [-0.4, -0.2) is 59.5 Å².